The molecule has 124 valence electrons. The van der Waals surface area contributed by atoms with Crippen LogP contribution in [0.25, 0.3) is 0 Å². The Morgan fingerprint density at radius 2 is 2.09 bits per heavy atom. The molecule has 0 unspecified atom stereocenters. The minimum absolute atomic E-state index is 0.0232. The van der Waals surface area contributed by atoms with Gasteiger partial charge in [-0.25, -0.2) is 0 Å². The third kappa shape index (κ3) is 3.33. The number of rotatable bonds is 4. The molecule has 2 atom stereocenters. The first-order valence-electron chi connectivity index (χ1n) is 8.45. The number of fused-ring (bicyclic) bond motifs is 1. The van der Waals surface area contributed by atoms with Crippen LogP contribution in [0.5, 0.6) is 0 Å². The number of para-hydroxylation sites is 1. The number of amides is 2. The Bertz CT molecular complexity index is 602. The van der Waals surface area contributed by atoms with Gasteiger partial charge in [-0.2, -0.15) is 0 Å². The molecule has 0 aliphatic carbocycles. The minimum Gasteiger partial charge on any atom is -0.368 e. The van der Waals surface area contributed by atoms with Crippen LogP contribution in [0, 0.1) is 0 Å². The van der Waals surface area contributed by atoms with Gasteiger partial charge in [-0.3, -0.25) is 9.59 Å². The van der Waals surface area contributed by atoms with Gasteiger partial charge >= 0.3 is 0 Å². The number of aryl methyl sites for hydroxylation is 1. The van der Waals surface area contributed by atoms with Gasteiger partial charge in [0.2, 0.25) is 11.8 Å². The van der Waals surface area contributed by atoms with Crippen molar-refractivity contribution in [2.75, 3.05) is 25.0 Å². The normalized spacial score (nSPS) is 23.8. The Labute approximate surface area is 137 Å². The van der Waals surface area contributed by atoms with Crippen LogP contribution in [-0.4, -0.2) is 48.9 Å². The van der Waals surface area contributed by atoms with Gasteiger partial charge in [0.25, 0.3) is 0 Å². The van der Waals surface area contributed by atoms with Gasteiger partial charge in [0.15, 0.2) is 0 Å². The second-order valence-corrected chi connectivity index (χ2v) is 6.63. The molecule has 5 nitrogen and oxygen atoms in total. The molecule has 0 spiro atoms. The van der Waals surface area contributed by atoms with Gasteiger partial charge in [0.1, 0.15) is 6.04 Å². The summed E-state index contributed by atoms with van der Waals surface area (Å²) in [4.78, 5) is 28.1. The molecular formula is C18H25N3O2. The number of hydrogen-bond donors (Lipinski definition) is 1. The summed E-state index contributed by atoms with van der Waals surface area (Å²) >= 11 is 0. The Balaban J connectivity index is 1.58. The van der Waals surface area contributed by atoms with Crippen LogP contribution >= 0.6 is 0 Å². The number of benzene rings is 1. The number of nitrogens with one attached hydrogen (secondary N) is 1. The van der Waals surface area contributed by atoms with E-state index in [9.17, 15) is 9.59 Å². The van der Waals surface area contributed by atoms with E-state index >= 15 is 0 Å². The Hall–Kier alpha value is -2.04. The number of carbonyl (C=O) groups excluding carboxylic acids is 2. The van der Waals surface area contributed by atoms with E-state index in [0.717, 1.165) is 19.4 Å². The van der Waals surface area contributed by atoms with Crippen LogP contribution in [0.3, 0.4) is 0 Å². The highest BCUT2D eigenvalue weighted by molar-refractivity contribution is 5.89. The van der Waals surface area contributed by atoms with E-state index in [-0.39, 0.29) is 17.9 Å². The van der Waals surface area contributed by atoms with Gasteiger partial charge in [-0.1, -0.05) is 18.2 Å². The maximum atomic E-state index is 12.2. The lowest BCUT2D eigenvalue weighted by Crippen LogP contribution is -2.43. The van der Waals surface area contributed by atoms with Gasteiger partial charge in [-0.05, 0) is 37.8 Å². The van der Waals surface area contributed by atoms with E-state index in [1.165, 1.54) is 11.3 Å². The predicted octanol–water partition coefficient (Wildman–Crippen LogP) is 1.56. The highest BCUT2D eigenvalue weighted by Gasteiger charge is 2.30. The predicted molar refractivity (Wildman–Crippen MR) is 90.4 cm³/mol. The topological polar surface area (TPSA) is 52.7 Å². The largest absolute Gasteiger partial charge is 0.368 e. The van der Waals surface area contributed by atoms with Crippen LogP contribution in [0.2, 0.25) is 0 Å². The third-order valence-electron chi connectivity index (χ3n) is 5.01. The summed E-state index contributed by atoms with van der Waals surface area (Å²) in [5.41, 5.74) is 2.61. The maximum Gasteiger partial charge on any atom is 0.244 e. The van der Waals surface area contributed by atoms with Crippen molar-refractivity contribution in [3.05, 3.63) is 29.8 Å². The van der Waals surface area contributed by atoms with E-state index in [1.54, 1.807) is 11.9 Å². The molecule has 0 bridgehead atoms. The smallest absolute Gasteiger partial charge is 0.244 e. The zero-order valence-corrected chi connectivity index (χ0v) is 13.9. The van der Waals surface area contributed by atoms with Gasteiger partial charge in [0.05, 0.1) is 0 Å². The Morgan fingerprint density at radius 3 is 2.83 bits per heavy atom. The van der Waals surface area contributed by atoms with Crippen LogP contribution < -0.4 is 10.2 Å². The summed E-state index contributed by atoms with van der Waals surface area (Å²) in [6, 6.07) is 8.54. The number of nitrogens with zero attached hydrogens (tertiary/aromatic N) is 2. The van der Waals surface area contributed by atoms with Crippen molar-refractivity contribution in [2.24, 2.45) is 0 Å². The lowest BCUT2D eigenvalue weighted by Gasteiger charge is -2.37. The van der Waals surface area contributed by atoms with Crippen molar-refractivity contribution in [1.29, 1.82) is 0 Å². The molecule has 5 heteroatoms. The standard InChI is InChI=1S/C18H25N3O2/c1-13-7-8-14-5-3-4-6-16(14)21(13)12-10-17(22)19-15-9-11-20(2)18(15)23/h3-6,13,15H,7-12H2,1-2H3,(H,19,22)/t13-,15-/m0/s1. The van der Waals surface area contributed by atoms with Crippen molar-refractivity contribution >= 4 is 17.5 Å². The number of likely N-dealkylation sites (tertiary alicyclic amines) is 1. The number of carbonyl (C=O) groups is 2. The van der Waals surface area contributed by atoms with Crippen molar-refractivity contribution in [2.45, 2.75) is 44.7 Å². The fourth-order valence-corrected chi connectivity index (χ4v) is 3.55. The molecule has 2 aliphatic heterocycles. The zero-order valence-electron chi connectivity index (χ0n) is 13.9. The molecule has 1 saturated heterocycles. The number of hydrogen-bond acceptors (Lipinski definition) is 3. The maximum absolute atomic E-state index is 12.2. The molecule has 1 aromatic rings. The van der Waals surface area contributed by atoms with E-state index < -0.39 is 0 Å². The summed E-state index contributed by atoms with van der Waals surface area (Å²) in [7, 11) is 1.78. The van der Waals surface area contributed by atoms with E-state index in [4.69, 9.17) is 0 Å². The fourth-order valence-electron chi connectivity index (χ4n) is 3.55. The van der Waals surface area contributed by atoms with Gasteiger partial charge in [0, 0.05) is 38.3 Å². The second kappa shape index (κ2) is 6.60. The van der Waals surface area contributed by atoms with Crippen LogP contribution in [-0.2, 0) is 16.0 Å². The van der Waals surface area contributed by atoms with E-state index in [0.29, 0.717) is 25.4 Å². The lowest BCUT2D eigenvalue weighted by atomic mass is 9.96. The zero-order chi connectivity index (χ0) is 16.4. The molecule has 3 rings (SSSR count). The van der Waals surface area contributed by atoms with Crippen LogP contribution in [0.15, 0.2) is 24.3 Å². The summed E-state index contributed by atoms with van der Waals surface area (Å²) in [5, 5.41) is 2.88. The van der Waals surface area contributed by atoms with Crippen LogP contribution in [0.4, 0.5) is 5.69 Å². The van der Waals surface area contributed by atoms with Crippen molar-refractivity contribution in [3.8, 4) is 0 Å². The van der Waals surface area contributed by atoms with Crippen molar-refractivity contribution in [3.63, 3.8) is 0 Å². The minimum atomic E-state index is -0.335. The first-order chi connectivity index (χ1) is 11.1. The van der Waals surface area contributed by atoms with Gasteiger partial charge in [-0.15, -0.1) is 0 Å². The summed E-state index contributed by atoms with van der Waals surface area (Å²) in [6.45, 7) is 3.63. The van der Waals surface area contributed by atoms with Crippen molar-refractivity contribution in [1.82, 2.24) is 10.2 Å². The molecule has 2 heterocycles. The van der Waals surface area contributed by atoms with Crippen molar-refractivity contribution < 1.29 is 9.59 Å². The first-order valence-corrected chi connectivity index (χ1v) is 8.45. The first kappa shape index (κ1) is 15.8. The molecule has 1 aromatic carbocycles. The average molecular weight is 315 g/mol. The number of anilines is 1. The SMILES string of the molecule is C[C@H]1CCc2ccccc2N1CCC(=O)N[C@H]1CCN(C)C1=O. The summed E-state index contributed by atoms with van der Waals surface area (Å²) in [5.74, 6) is -0.0102. The lowest BCUT2D eigenvalue weighted by molar-refractivity contribution is -0.131. The molecule has 1 fully saturated rings. The van der Waals surface area contributed by atoms with E-state index in [1.807, 2.05) is 0 Å². The van der Waals surface area contributed by atoms with E-state index in [2.05, 4.69) is 41.4 Å². The highest BCUT2D eigenvalue weighted by Crippen LogP contribution is 2.30. The molecule has 2 amide bonds. The molecule has 23 heavy (non-hydrogen) atoms. The number of likely N-dealkylation sites (N-methyl/N-ethyl adjacent to an activating group) is 1. The Kier molecular flexibility index (Phi) is 4.55. The fraction of sp³-hybridized carbons (Fsp3) is 0.556. The molecule has 0 aromatic heterocycles. The molecule has 0 radical (unpaired) electrons. The average Bonchev–Trinajstić information content (AvgIpc) is 2.86. The molecule has 1 N–H and O–H groups in total. The second-order valence-electron chi connectivity index (χ2n) is 6.63. The molecule has 2 aliphatic rings. The summed E-state index contributed by atoms with van der Waals surface area (Å²) < 4.78 is 0. The van der Waals surface area contributed by atoms with Crippen LogP contribution in [0.1, 0.15) is 31.7 Å². The third-order valence-corrected chi connectivity index (χ3v) is 5.01. The quantitative estimate of drug-likeness (QED) is 0.917. The summed E-state index contributed by atoms with van der Waals surface area (Å²) in [6.07, 6.45) is 3.35. The Morgan fingerprint density at radius 1 is 1.30 bits per heavy atom. The monoisotopic (exact) mass is 315 g/mol. The van der Waals surface area contributed by atoms with Gasteiger partial charge < -0.3 is 15.1 Å². The highest BCUT2D eigenvalue weighted by atomic mass is 16.2. The molecule has 0 saturated carbocycles. The molecular weight excluding hydrogens is 290 g/mol.